The van der Waals surface area contributed by atoms with Gasteiger partial charge in [0.1, 0.15) is 0 Å². The van der Waals surface area contributed by atoms with Crippen molar-refractivity contribution in [3.63, 3.8) is 0 Å². The minimum absolute atomic E-state index is 0.128. The van der Waals surface area contributed by atoms with Gasteiger partial charge in [0.15, 0.2) is 0 Å². The first-order chi connectivity index (χ1) is 10.4. The first-order valence-corrected chi connectivity index (χ1v) is 9.32. The molecule has 0 aromatic carbocycles. The van der Waals surface area contributed by atoms with Gasteiger partial charge in [0.2, 0.25) is 0 Å². The van der Waals surface area contributed by atoms with Gasteiger partial charge in [-0.25, -0.2) is 0 Å². The number of aliphatic hydroxyl groups excluding tert-OH is 2. The van der Waals surface area contributed by atoms with Crippen molar-refractivity contribution in [1.82, 2.24) is 0 Å². The molecule has 0 aromatic heterocycles. The van der Waals surface area contributed by atoms with Crippen LogP contribution in [0.5, 0.6) is 0 Å². The first kappa shape index (κ1) is 15.2. The molecule has 4 aliphatic carbocycles. The molecule has 4 fully saturated rings. The predicted molar refractivity (Wildman–Crippen MR) is 88.3 cm³/mol. The zero-order valence-corrected chi connectivity index (χ0v) is 14.3. The highest BCUT2D eigenvalue weighted by Gasteiger charge is 2.65. The molecular weight excluding hydrogens is 272 g/mol. The maximum atomic E-state index is 10.6. The summed E-state index contributed by atoms with van der Waals surface area (Å²) in [6.07, 6.45) is 9.43. The number of aliphatic hydroxyl groups is 2. The van der Waals surface area contributed by atoms with E-state index in [1.165, 1.54) is 44.1 Å². The molecule has 0 radical (unpaired) electrons. The molecular formula is C20H32O2. The molecule has 0 unspecified atom stereocenters. The highest BCUT2D eigenvalue weighted by atomic mass is 16.3. The normalized spacial score (nSPS) is 57.4. The van der Waals surface area contributed by atoms with Gasteiger partial charge in [-0.05, 0) is 80.0 Å². The molecule has 2 bridgehead atoms. The van der Waals surface area contributed by atoms with Crippen molar-refractivity contribution >= 4 is 0 Å². The van der Waals surface area contributed by atoms with Crippen LogP contribution in [-0.4, -0.2) is 22.9 Å². The van der Waals surface area contributed by atoms with Crippen LogP contribution in [0, 0.1) is 34.0 Å². The Labute approximate surface area is 135 Å². The van der Waals surface area contributed by atoms with Crippen molar-refractivity contribution in [2.24, 2.45) is 34.0 Å². The second kappa shape index (κ2) is 4.60. The molecule has 2 heteroatoms. The van der Waals surface area contributed by atoms with Crippen LogP contribution in [0.15, 0.2) is 12.2 Å². The Kier molecular flexibility index (Phi) is 3.18. The van der Waals surface area contributed by atoms with Gasteiger partial charge in [-0.2, -0.15) is 0 Å². The SMILES string of the molecule is C=C1C[C@@]23CC[C@@H]4[C@](C)(CO)[C@H](O)CC[C@@]4(C)[C@@H]2CC[C@@H]1C3. The van der Waals surface area contributed by atoms with E-state index in [1.54, 1.807) is 0 Å². The Bertz CT molecular complexity index is 500. The maximum absolute atomic E-state index is 10.6. The van der Waals surface area contributed by atoms with Gasteiger partial charge in [0.05, 0.1) is 12.7 Å². The van der Waals surface area contributed by atoms with Crippen molar-refractivity contribution < 1.29 is 10.2 Å². The fourth-order valence-corrected chi connectivity index (χ4v) is 7.60. The Morgan fingerprint density at radius 3 is 2.59 bits per heavy atom. The van der Waals surface area contributed by atoms with Crippen LogP contribution in [0.2, 0.25) is 0 Å². The molecule has 2 N–H and O–H groups in total. The second-order valence-corrected chi connectivity index (χ2v) is 9.54. The summed E-state index contributed by atoms with van der Waals surface area (Å²) in [6.45, 7) is 9.14. The van der Waals surface area contributed by atoms with Crippen LogP contribution < -0.4 is 0 Å². The highest BCUT2D eigenvalue weighted by Crippen LogP contribution is 2.72. The third-order valence-electron chi connectivity index (χ3n) is 8.73. The lowest BCUT2D eigenvalue weighted by Crippen LogP contribution is -2.61. The lowest BCUT2D eigenvalue weighted by Gasteiger charge is -2.65. The molecule has 0 saturated heterocycles. The molecule has 1 spiro atoms. The zero-order valence-electron chi connectivity index (χ0n) is 14.3. The molecule has 4 saturated carbocycles. The lowest BCUT2D eigenvalue weighted by molar-refractivity contribution is -0.197. The van der Waals surface area contributed by atoms with E-state index >= 15 is 0 Å². The summed E-state index contributed by atoms with van der Waals surface area (Å²) in [5, 5.41) is 20.6. The summed E-state index contributed by atoms with van der Waals surface area (Å²) in [5.41, 5.74) is 2.01. The zero-order chi connectivity index (χ0) is 15.8. The summed E-state index contributed by atoms with van der Waals surface area (Å²) in [7, 11) is 0. The van der Waals surface area contributed by atoms with E-state index in [9.17, 15) is 10.2 Å². The monoisotopic (exact) mass is 304 g/mol. The number of rotatable bonds is 1. The number of allylic oxidation sites excluding steroid dienone is 1. The fraction of sp³-hybridized carbons (Fsp3) is 0.900. The van der Waals surface area contributed by atoms with Crippen molar-refractivity contribution in [2.45, 2.75) is 71.3 Å². The van der Waals surface area contributed by atoms with E-state index in [4.69, 9.17) is 0 Å². The van der Waals surface area contributed by atoms with Gasteiger partial charge < -0.3 is 10.2 Å². The third-order valence-corrected chi connectivity index (χ3v) is 8.73. The first-order valence-electron chi connectivity index (χ1n) is 9.32. The molecule has 4 aliphatic rings. The topological polar surface area (TPSA) is 40.5 Å². The number of hydrogen-bond donors (Lipinski definition) is 2. The quantitative estimate of drug-likeness (QED) is 0.721. The van der Waals surface area contributed by atoms with E-state index in [0.29, 0.717) is 16.7 Å². The van der Waals surface area contributed by atoms with Gasteiger partial charge in [-0.1, -0.05) is 26.0 Å². The minimum atomic E-state index is -0.334. The second-order valence-electron chi connectivity index (χ2n) is 9.54. The Hall–Kier alpha value is -0.340. The predicted octanol–water partition coefficient (Wildman–Crippen LogP) is 3.92. The summed E-state index contributed by atoms with van der Waals surface area (Å²) < 4.78 is 0. The van der Waals surface area contributed by atoms with Crippen LogP contribution in [0.4, 0.5) is 0 Å². The molecule has 0 aliphatic heterocycles. The molecule has 124 valence electrons. The van der Waals surface area contributed by atoms with Gasteiger partial charge in [0.25, 0.3) is 0 Å². The van der Waals surface area contributed by atoms with Gasteiger partial charge in [-0.3, -0.25) is 0 Å². The van der Waals surface area contributed by atoms with Crippen LogP contribution in [0.3, 0.4) is 0 Å². The molecule has 7 atom stereocenters. The largest absolute Gasteiger partial charge is 0.396 e. The number of fused-ring (bicyclic) bond motifs is 3. The molecule has 22 heavy (non-hydrogen) atoms. The summed E-state index contributed by atoms with van der Waals surface area (Å²) in [5.74, 6) is 2.03. The van der Waals surface area contributed by atoms with Crippen molar-refractivity contribution in [1.29, 1.82) is 0 Å². The molecule has 0 heterocycles. The van der Waals surface area contributed by atoms with E-state index in [1.807, 2.05) is 0 Å². The fourth-order valence-electron chi connectivity index (χ4n) is 7.60. The van der Waals surface area contributed by atoms with Gasteiger partial charge in [0, 0.05) is 5.41 Å². The average molecular weight is 304 g/mol. The number of hydrogen-bond acceptors (Lipinski definition) is 2. The van der Waals surface area contributed by atoms with Gasteiger partial charge in [-0.15, -0.1) is 0 Å². The smallest absolute Gasteiger partial charge is 0.0618 e. The molecule has 4 rings (SSSR count). The molecule has 2 nitrogen and oxygen atoms in total. The summed E-state index contributed by atoms with van der Waals surface area (Å²) in [4.78, 5) is 0. The van der Waals surface area contributed by atoms with E-state index in [-0.39, 0.29) is 18.1 Å². The maximum Gasteiger partial charge on any atom is 0.0618 e. The van der Waals surface area contributed by atoms with E-state index < -0.39 is 0 Å². The molecule has 0 amide bonds. The Morgan fingerprint density at radius 1 is 1.09 bits per heavy atom. The van der Waals surface area contributed by atoms with E-state index in [2.05, 4.69) is 20.4 Å². The summed E-state index contributed by atoms with van der Waals surface area (Å²) >= 11 is 0. The van der Waals surface area contributed by atoms with Crippen LogP contribution >= 0.6 is 0 Å². The Morgan fingerprint density at radius 2 is 1.86 bits per heavy atom. The van der Waals surface area contributed by atoms with E-state index in [0.717, 1.165) is 24.7 Å². The van der Waals surface area contributed by atoms with Crippen LogP contribution in [0.25, 0.3) is 0 Å². The summed E-state index contributed by atoms with van der Waals surface area (Å²) in [6, 6.07) is 0. The average Bonchev–Trinajstić information content (AvgIpc) is 2.73. The lowest BCUT2D eigenvalue weighted by atomic mass is 9.40. The Balaban J connectivity index is 1.74. The highest BCUT2D eigenvalue weighted by molar-refractivity contribution is 5.22. The van der Waals surface area contributed by atoms with Crippen molar-refractivity contribution in [3.8, 4) is 0 Å². The third kappa shape index (κ3) is 1.69. The standard InChI is InChI=1S/C20H32O2/c1-13-10-20-9-6-15-18(2,16(20)5-4-14(13)11-20)8-7-17(22)19(15,3)12-21/h14-17,21-22H,1,4-12H2,2-3H3/t14-,15+,16+,17-,18-,19+,20-/m1/s1. The van der Waals surface area contributed by atoms with Gasteiger partial charge >= 0.3 is 0 Å². The van der Waals surface area contributed by atoms with Crippen LogP contribution in [0.1, 0.15) is 65.2 Å². The van der Waals surface area contributed by atoms with Crippen molar-refractivity contribution in [2.75, 3.05) is 6.61 Å². The molecule has 0 aromatic rings. The van der Waals surface area contributed by atoms with Crippen LogP contribution in [-0.2, 0) is 0 Å². The minimum Gasteiger partial charge on any atom is -0.396 e. The van der Waals surface area contributed by atoms with Crippen molar-refractivity contribution in [3.05, 3.63) is 12.2 Å².